The number of fused-ring (bicyclic) bond motifs is 1. The van der Waals surface area contributed by atoms with Crippen molar-refractivity contribution in [3.05, 3.63) is 95.3 Å². The van der Waals surface area contributed by atoms with E-state index in [1.807, 2.05) is 40.1 Å². The molecule has 1 saturated heterocycles. The van der Waals surface area contributed by atoms with Gasteiger partial charge in [0.15, 0.2) is 5.84 Å². The quantitative estimate of drug-likeness (QED) is 0.546. The number of aromatic nitrogens is 1. The summed E-state index contributed by atoms with van der Waals surface area (Å²) in [5.74, 6) is 0.273. The number of hydrogen-bond acceptors (Lipinski definition) is 5. The Morgan fingerprint density at radius 2 is 1.86 bits per heavy atom. The highest BCUT2D eigenvalue weighted by Gasteiger charge is 2.36. The fourth-order valence-corrected chi connectivity index (χ4v) is 6.09. The van der Waals surface area contributed by atoms with Gasteiger partial charge in [0.05, 0.1) is 5.92 Å². The van der Waals surface area contributed by atoms with E-state index < -0.39 is 10.0 Å². The summed E-state index contributed by atoms with van der Waals surface area (Å²) in [6.45, 7) is 4.15. The monoisotopic (exact) mass is 488 g/mol. The maximum Gasteiger partial charge on any atom is 0.285 e. The average molecular weight is 489 g/mol. The van der Waals surface area contributed by atoms with Crippen LogP contribution >= 0.6 is 0 Å². The summed E-state index contributed by atoms with van der Waals surface area (Å²) >= 11 is 0. The molecule has 180 valence electrons. The van der Waals surface area contributed by atoms with Gasteiger partial charge in [-0.3, -0.25) is 9.78 Å². The molecule has 0 radical (unpaired) electrons. The lowest BCUT2D eigenvalue weighted by Gasteiger charge is -2.36. The first kappa shape index (κ1) is 23.2. The summed E-state index contributed by atoms with van der Waals surface area (Å²) in [6.07, 6.45) is 5.07. The Bertz CT molecular complexity index is 1370. The van der Waals surface area contributed by atoms with Gasteiger partial charge in [-0.2, -0.15) is 8.42 Å². The van der Waals surface area contributed by atoms with Gasteiger partial charge in [0, 0.05) is 44.1 Å². The zero-order valence-corrected chi connectivity index (χ0v) is 20.5. The second kappa shape index (κ2) is 9.62. The highest BCUT2D eigenvalue weighted by Crippen LogP contribution is 2.30. The van der Waals surface area contributed by atoms with E-state index >= 15 is 0 Å². The Hall–Kier alpha value is -3.52. The smallest absolute Gasteiger partial charge is 0.285 e. The van der Waals surface area contributed by atoms with Crippen LogP contribution in [0.4, 0.5) is 0 Å². The summed E-state index contributed by atoms with van der Waals surface area (Å²) in [6, 6.07) is 18.9. The normalized spacial score (nSPS) is 18.6. The summed E-state index contributed by atoms with van der Waals surface area (Å²) in [7, 11) is -3.70. The van der Waals surface area contributed by atoms with Crippen LogP contribution in [0.15, 0.2) is 82.4 Å². The zero-order chi connectivity index (χ0) is 24.4. The molecule has 35 heavy (non-hydrogen) atoms. The van der Waals surface area contributed by atoms with Crippen LogP contribution in [0.3, 0.4) is 0 Å². The molecule has 0 aliphatic carbocycles. The molecule has 1 aromatic heterocycles. The van der Waals surface area contributed by atoms with Crippen molar-refractivity contribution >= 4 is 21.8 Å². The van der Waals surface area contributed by atoms with Crippen LogP contribution in [0, 0.1) is 12.8 Å². The number of likely N-dealkylation sites (tertiary alicyclic amines) is 1. The second-order valence-corrected chi connectivity index (χ2v) is 10.7. The first-order valence-electron chi connectivity index (χ1n) is 11.8. The lowest BCUT2D eigenvalue weighted by atomic mass is 9.95. The molecule has 2 aromatic carbocycles. The number of carbonyl (C=O) groups excluding carboxylic acids is 1. The van der Waals surface area contributed by atoms with Gasteiger partial charge >= 0.3 is 0 Å². The molecule has 2 aliphatic rings. The number of carbonyl (C=O) groups is 1. The van der Waals surface area contributed by atoms with Gasteiger partial charge in [0.2, 0.25) is 5.91 Å². The molecular formula is C27H28N4O3S. The molecule has 8 heteroatoms. The molecule has 2 aliphatic heterocycles. The van der Waals surface area contributed by atoms with Crippen molar-refractivity contribution in [3.8, 4) is 0 Å². The lowest BCUT2D eigenvalue weighted by molar-refractivity contribution is -0.138. The van der Waals surface area contributed by atoms with Gasteiger partial charge < -0.3 is 9.80 Å². The summed E-state index contributed by atoms with van der Waals surface area (Å²) in [5.41, 5.74) is 3.84. The van der Waals surface area contributed by atoms with Crippen LogP contribution in [0.25, 0.3) is 0 Å². The van der Waals surface area contributed by atoms with E-state index in [0.717, 1.165) is 29.5 Å². The minimum atomic E-state index is -3.70. The Balaban J connectivity index is 1.40. The van der Waals surface area contributed by atoms with E-state index in [1.54, 1.807) is 30.6 Å². The molecule has 3 aromatic rings. The van der Waals surface area contributed by atoms with Gasteiger partial charge in [-0.25, -0.2) is 0 Å². The largest absolute Gasteiger partial charge is 0.355 e. The van der Waals surface area contributed by atoms with E-state index in [2.05, 4.69) is 28.4 Å². The molecule has 1 atom stereocenters. The molecule has 0 saturated carbocycles. The van der Waals surface area contributed by atoms with E-state index in [1.165, 1.54) is 0 Å². The highest BCUT2D eigenvalue weighted by atomic mass is 32.2. The van der Waals surface area contributed by atoms with Gasteiger partial charge in [0.1, 0.15) is 4.90 Å². The van der Waals surface area contributed by atoms with Crippen LogP contribution in [0.1, 0.15) is 35.1 Å². The number of pyridine rings is 1. The predicted octanol–water partition coefficient (Wildman–Crippen LogP) is 3.78. The maximum atomic E-state index is 13.9. The average Bonchev–Trinajstić information content (AvgIpc) is 3.16. The SMILES string of the molecule is Cc1ccccc1CN(Cc1cccnc1)C(=O)C1CCCN(C2=NS(=O)(=O)c3ccccc32)C1. The number of amidine groups is 1. The van der Waals surface area contributed by atoms with Crippen LogP contribution in [-0.2, 0) is 27.9 Å². The Kier molecular flexibility index (Phi) is 6.38. The molecule has 1 amide bonds. The number of aryl methyl sites for hydroxylation is 1. The molecule has 7 nitrogen and oxygen atoms in total. The van der Waals surface area contributed by atoms with Crippen molar-refractivity contribution < 1.29 is 13.2 Å². The minimum Gasteiger partial charge on any atom is -0.355 e. The fourth-order valence-electron chi connectivity index (χ4n) is 4.86. The molecule has 0 N–H and O–H groups in total. The molecule has 3 heterocycles. The molecule has 5 rings (SSSR count). The van der Waals surface area contributed by atoms with E-state index in [-0.39, 0.29) is 16.7 Å². The number of piperidine rings is 1. The first-order chi connectivity index (χ1) is 16.9. The van der Waals surface area contributed by atoms with Crippen LogP contribution in [0.2, 0.25) is 0 Å². The molecule has 1 unspecified atom stereocenters. The molecule has 0 spiro atoms. The number of benzene rings is 2. The number of amides is 1. The minimum absolute atomic E-state index is 0.0662. The van der Waals surface area contributed by atoms with E-state index in [9.17, 15) is 13.2 Å². The van der Waals surface area contributed by atoms with Crippen LogP contribution < -0.4 is 0 Å². The third-order valence-electron chi connectivity index (χ3n) is 6.71. The second-order valence-electron chi connectivity index (χ2n) is 9.15. The van der Waals surface area contributed by atoms with Gasteiger partial charge in [-0.1, -0.05) is 42.5 Å². The Labute approximate surface area is 206 Å². The molecule has 1 fully saturated rings. The lowest BCUT2D eigenvalue weighted by Crippen LogP contribution is -2.46. The zero-order valence-electron chi connectivity index (χ0n) is 19.7. The number of sulfonamides is 1. The predicted molar refractivity (Wildman–Crippen MR) is 134 cm³/mol. The van der Waals surface area contributed by atoms with Crippen LogP contribution in [0.5, 0.6) is 0 Å². The summed E-state index contributed by atoms with van der Waals surface area (Å²) in [4.78, 5) is 22.2. The van der Waals surface area contributed by atoms with E-state index in [4.69, 9.17) is 0 Å². The first-order valence-corrected chi connectivity index (χ1v) is 13.3. The number of hydrogen-bond donors (Lipinski definition) is 0. The topological polar surface area (TPSA) is 82.9 Å². The van der Waals surface area contributed by atoms with Crippen molar-refractivity contribution in [1.29, 1.82) is 0 Å². The van der Waals surface area contributed by atoms with Gasteiger partial charge in [-0.05, 0) is 54.7 Å². The Morgan fingerprint density at radius 1 is 1.06 bits per heavy atom. The molecule has 0 bridgehead atoms. The third-order valence-corrected chi connectivity index (χ3v) is 8.04. The highest BCUT2D eigenvalue weighted by molar-refractivity contribution is 7.90. The molecular weight excluding hydrogens is 460 g/mol. The van der Waals surface area contributed by atoms with Crippen molar-refractivity contribution in [2.24, 2.45) is 10.3 Å². The van der Waals surface area contributed by atoms with E-state index in [0.29, 0.717) is 37.6 Å². The fraction of sp³-hybridized carbons (Fsp3) is 0.296. The summed E-state index contributed by atoms with van der Waals surface area (Å²) < 4.78 is 29.2. The number of rotatable bonds is 5. The standard InChI is InChI=1S/C27H28N4O3S/c1-20-8-2-3-10-22(20)18-31(17-21-9-6-14-28-16-21)27(32)23-11-7-15-30(19-23)26-24-12-4-5-13-25(24)35(33,34)29-26/h2-6,8-10,12-14,16,23H,7,11,15,17-19H2,1H3. The van der Waals surface area contributed by atoms with Crippen molar-refractivity contribution in [2.45, 2.75) is 37.8 Å². The summed E-state index contributed by atoms with van der Waals surface area (Å²) in [5, 5.41) is 0. The van der Waals surface area contributed by atoms with Gasteiger partial charge in [-0.15, -0.1) is 4.40 Å². The third kappa shape index (κ3) is 4.84. The van der Waals surface area contributed by atoms with Crippen molar-refractivity contribution in [2.75, 3.05) is 13.1 Å². The number of nitrogens with zero attached hydrogens (tertiary/aromatic N) is 4. The van der Waals surface area contributed by atoms with Gasteiger partial charge in [0.25, 0.3) is 10.0 Å². The van der Waals surface area contributed by atoms with Crippen molar-refractivity contribution in [3.63, 3.8) is 0 Å². The van der Waals surface area contributed by atoms with Crippen molar-refractivity contribution in [1.82, 2.24) is 14.8 Å². The van der Waals surface area contributed by atoms with Crippen LogP contribution in [-0.4, -0.2) is 48.0 Å². The maximum absolute atomic E-state index is 13.9. The Morgan fingerprint density at radius 3 is 2.66 bits per heavy atom.